The van der Waals surface area contributed by atoms with Crippen LogP contribution in [0.3, 0.4) is 0 Å². The van der Waals surface area contributed by atoms with Crippen LogP contribution >= 0.6 is 0 Å². The number of nitrogens with one attached hydrogen (secondary N) is 3. The second-order valence-electron chi connectivity index (χ2n) is 5.97. The van der Waals surface area contributed by atoms with E-state index in [1.54, 1.807) is 0 Å². The third-order valence-corrected chi connectivity index (χ3v) is 3.87. The SMILES string of the molecule is CCNC(=NCCC(O)c1ccccc1)NCCNC(=O)C1CC1. The van der Waals surface area contributed by atoms with Crippen molar-refractivity contribution in [2.24, 2.45) is 10.9 Å². The van der Waals surface area contributed by atoms with Crippen LogP contribution < -0.4 is 16.0 Å². The molecule has 1 aliphatic carbocycles. The van der Waals surface area contributed by atoms with Crippen molar-refractivity contribution in [1.29, 1.82) is 0 Å². The molecule has 6 heteroatoms. The summed E-state index contributed by atoms with van der Waals surface area (Å²) < 4.78 is 0. The number of carbonyl (C=O) groups excluding carboxylic acids is 1. The predicted octanol–water partition coefficient (Wildman–Crippen LogP) is 1.19. The van der Waals surface area contributed by atoms with Gasteiger partial charge in [-0.3, -0.25) is 9.79 Å². The monoisotopic (exact) mass is 332 g/mol. The van der Waals surface area contributed by atoms with Gasteiger partial charge in [-0.25, -0.2) is 0 Å². The smallest absolute Gasteiger partial charge is 0.223 e. The van der Waals surface area contributed by atoms with Crippen LogP contribution in [-0.2, 0) is 4.79 Å². The van der Waals surface area contributed by atoms with Gasteiger partial charge in [0, 0.05) is 32.1 Å². The van der Waals surface area contributed by atoms with Gasteiger partial charge in [0.1, 0.15) is 0 Å². The molecule has 0 saturated heterocycles. The maximum Gasteiger partial charge on any atom is 0.223 e. The minimum Gasteiger partial charge on any atom is -0.388 e. The fourth-order valence-electron chi connectivity index (χ4n) is 2.34. The Bertz CT molecular complexity index is 529. The first-order valence-corrected chi connectivity index (χ1v) is 8.73. The van der Waals surface area contributed by atoms with Gasteiger partial charge in [0.2, 0.25) is 5.91 Å². The van der Waals surface area contributed by atoms with E-state index in [0.717, 1.165) is 24.9 Å². The molecule has 6 nitrogen and oxygen atoms in total. The number of aliphatic hydroxyl groups excluding tert-OH is 1. The summed E-state index contributed by atoms with van der Waals surface area (Å²) in [6.45, 7) is 4.52. The molecule has 0 heterocycles. The van der Waals surface area contributed by atoms with Crippen LogP contribution in [0.4, 0.5) is 0 Å². The lowest BCUT2D eigenvalue weighted by Crippen LogP contribution is -2.41. The van der Waals surface area contributed by atoms with E-state index in [1.807, 2.05) is 37.3 Å². The number of aliphatic hydroxyl groups is 1. The van der Waals surface area contributed by atoms with Crippen molar-refractivity contribution in [1.82, 2.24) is 16.0 Å². The van der Waals surface area contributed by atoms with Gasteiger partial charge < -0.3 is 21.1 Å². The van der Waals surface area contributed by atoms with Crippen LogP contribution in [-0.4, -0.2) is 43.2 Å². The maximum absolute atomic E-state index is 11.5. The summed E-state index contributed by atoms with van der Waals surface area (Å²) in [7, 11) is 0. The molecule has 1 aromatic carbocycles. The Labute approximate surface area is 143 Å². The normalized spacial score (nSPS) is 15.7. The molecule has 1 atom stereocenters. The molecule has 1 saturated carbocycles. The van der Waals surface area contributed by atoms with Gasteiger partial charge in [-0.05, 0) is 31.7 Å². The standard InChI is InChI=1S/C18H28N4O2/c1-2-19-18(22-13-12-20-17(24)15-8-9-15)21-11-10-16(23)14-6-4-3-5-7-14/h3-7,15-16,23H,2,8-13H2,1H3,(H,20,24)(H2,19,21,22). The molecular weight excluding hydrogens is 304 g/mol. The molecule has 1 unspecified atom stereocenters. The number of nitrogens with zero attached hydrogens (tertiary/aromatic N) is 1. The zero-order valence-electron chi connectivity index (χ0n) is 14.3. The van der Waals surface area contributed by atoms with Gasteiger partial charge in [0.05, 0.1) is 6.10 Å². The van der Waals surface area contributed by atoms with Gasteiger partial charge in [-0.2, -0.15) is 0 Å². The van der Waals surface area contributed by atoms with E-state index >= 15 is 0 Å². The van der Waals surface area contributed by atoms with E-state index in [2.05, 4.69) is 20.9 Å². The quantitative estimate of drug-likeness (QED) is 0.311. The Hall–Kier alpha value is -2.08. The van der Waals surface area contributed by atoms with E-state index < -0.39 is 6.10 Å². The molecule has 0 bridgehead atoms. The summed E-state index contributed by atoms with van der Waals surface area (Å²) in [6, 6.07) is 9.61. The summed E-state index contributed by atoms with van der Waals surface area (Å²) >= 11 is 0. The molecule has 24 heavy (non-hydrogen) atoms. The van der Waals surface area contributed by atoms with E-state index in [0.29, 0.717) is 32.0 Å². The highest BCUT2D eigenvalue weighted by Gasteiger charge is 2.28. The number of aliphatic imine (C=N–C) groups is 1. The van der Waals surface area contributed by atoms with Gasteiger partial charge in [0.15, 0.2) is 5.96 Å². The van der Waals surface area contributed by atoms with Crippen LogP contribution in [0.25, 0.3) is 0 Å². The van der Waals surface area contributed by atoms with Crippen molar-refractivity contribution in [2.75, 3.05) is 26.2 Å². The molecule has 0 radical (unpaired) electrons. The van der Waals surface area contributed by atoms with Crippen molar-refractivity contribution >= 4 is 11.9 Å². The summed E-state index contributed by atoms with van der Waals surface area (Å²) in [5, 5.41) is 19.4. The predicted molar refractivity (Wildman–Crippen MR) is 95.7 cm³/mol. The zero-order valence-corrected chi connectivity index (χ0v) is 14.3. The summed E-state index contributed by atoms with van der Waals surface area (Å²) in [5.74, 6) is 1.11. The van der Waals surface area contributed by atoms with Crippen molar-refractivity contribution in [2.45, 2.75) is 32.3 Å². The van der Waals surface area contributed by atoms with Crippen molar-refractivity contribution in [3.63, 3.8) is 0 Å². The molecule has 1 fully saturated rings. The molecule has 0 aromatic heterocycles. The third kappa shape index (κ3) is 6.58. The summed E-state index contributed by atoms with van der Waals surface area (Å²) in [4.78, 5) is 16.0. The minimum absolute atomic E-state index is 0.157. The Balaban J connectivity index is 1.68. The molecule has 132 valence electrons. The van der Waals surface area contributed by atoms with E-state index in [4.69, 9.17) is 0 Å². The molecule has 1 aromatic rings. The molecule has 4 N–H and O–H groups in total. The number of amides is 1. The maximum atomic E-state index is 11.5. The Morgan fingerprint density at radius 1 is 1.21 bits per heavy atom. The second kappa shape index (κ2) is 9.93. The zero-order chi connectivity index (χ0) is 17.2. The van der Waals surface area contributed by atoms with E-state index in [1.165, 1.54) is 0 Å². The number of hydrogen-bond donors (Lipinski definition) is 4. The van der Waals surface area contributed by atoms with Crippen LogP contribution in [0.1, 0.15) is 37.9 Å². The van der Waals surface area contributed by atoms with Crippen molar-refractivity contribution in [3.05, 3.63) is 35.9 Å². The molecule has 0 aliphatic heterocycles. The van der Waals surface area contributed by atoms with E-state index in [-0.39, 0.29) is 11.8 Å². The van der Waals surface area contributed by atoms with Crippen LogP contribution in [0.15, 0.2) is 35.3 Å². The number of carbonyl (C=O) groups is 1. The van der Waals surface area contributed by atoms with Crippen LogP contribution in [0, 0.1) is 5.92 Å². The molecule has 1 amide bonds. The number of guanidine groups is 1. The Morgan fingerprint density at radius 3 is 2.58 bits per heavy atom. The highest BCUT2D eigenvalue weighted by Crippen LogP contribution is 2.28. The molecule has 2 rings (SSSR count). The van der Waals surface area contributed by atoms with Crippen LogP contribution in [0.5, 0.6) is 0 Å². The Morgan fingerprint density at radius 2 is 1.92 bits per heavy atom. The lowest BCUT2D eigenvalue weighted by Gasteiger charge is -2.13. The number of rotatable bonds is 9. The van der Waals surface area contributed by atoms with Crippen molar-refractivity contribution in [3.8, 4) is 0 Å². The number of benzene rings is 1. The molecule has 1 aliphatic rings. The number of hydrogen-bond acceptors (Lipinski definition) is 3. The third-order valence-electron chi connectivity index (χ3n) is 3.87. The lowest BCUT2D eigenvalue weighted by molar-refractivity contribution is -0.122. The first-order valence-electron chi connectivity index (χ1n) is 8.73. The van der Waals surface area contributed by atoms with Crippen LogP contribution in [0.2, 0.25) is 0 Å². The topological polar surface area (TPSA) is 85.8 Å². The molecular formula is C18H28N4O2. The summed E-state index contributed by atoms with van der Waals surface area (Å²) in [6.07, 6.45) is 2.11. The Kier molecular flexibility index (Phi) is 7.55. The van der Waals surface area contributed by atoms with Gasteiger partial charge in [0.25, 0.3) is 0 Å². The minimum atomic E-state index is -0.504. The van der Waals surface area contributed by atoms with Crippen molar-refractivity contribution < 1.29 is 9.90 Å². The highest BCUT2D eigenvalue weighted by atomic mass is 16.3. The highest BCUT2D eigenvalue weighted by molar-refractivity contribution is 5.81. The van der Waals surface area contributed by atoms with Gasteiger partial charge >= 0.3 is 0 Å². The average molecular weight is 332 g/mol. The van der Waals surface area contributed by atoms with Gasteiger partial charge in [-0.1, -0.05) is 30.3 Å². The fourth-order valence-corrected chi connectivity index (χ4v) is 2.34. The fraction of sp³-hybridized carbons (Fsp3) is 0.556. The lowest BCUT2D eigenvalue weighted by atomic mass is 10.1. The van der Waals surface area contributed by atoms with Gasteiger partial charge in [-0.15, -0.1) is 0 Å². The average Bonchev–Trinajstić information content (AvgIpc) is 3.44. The van der Waals surface area contributed by atoms with E-state index in [9.17, 15) is 9.90 Å². The molecule has 0 spiro atoms. The first-order chi connectivity index (χ1) is 11.7. The summed E-state index contributed by atoms with van der Waals surface area (Å²) in [5.41, 5.74) is 0.911. The second-order valence-corrected chi connectivity index (χ2v) is 5.97. The largest absolute Gasteiger partial charge is 0.388 e. The first kappa shape index (κ1) is 18.3.